The largest absolute Gasteiger partial charge is 0.480 e. The number of carboxylic acids is 1. The normalized spacial score (nSPS) is 14.5. The average Bonchev–Trinajstić information content (AvgIpc) is 2.97. The minimum atomic E-state index is -1.03. The number of amides is 2. The van der Waals surface area contributed by atoms with Crippen LogP contribution in [-0.2, 0) is 14.4 Å². The van der Waals surface area contributed by atoms with Crippen LogP contribution in [0.25, 0.3) is 6.08 Å². The van der Waals surface area contributed by atoms with Crippen molar-refractivity contribution in [2.45, 2.75) is 26.7 Å². The van der Waals surface area contributed by atoms with Gasteiger partial charge in [0.05, 0.1) is 0 Å². The second-order valence-corrected chi connectivity index (χ2v) is 6.58. The number of carbonyl (C=O) groups is 3. The number of rotatable bonds is 7. The fourth-order valence-corrected chi connectivity index (χ4v) is 2.80. The van der Waals surface area contributed by atoms with E-state index in [1.807, 2.05) is 38.1 Å². The van der Waals surface area contributed by atoms with Crippen molar-refractivity contribution in [2.75, 3.05) is 24.5 Å². The number of hydrogen-bond acceptors (Lipinski definition) is 3. The molecular formula is C19H24N2O4. The van der Waals surface area contributed by atoms with E-state index in [2.05, 4.69) is 0 Å². The van der Waals surface area contributed by atoms with Gasteiger partial charge in [0.15, 0.2) is 0 Å². The molecule has 0 unspecified atom stereocenters. The number of carboxylic acid groups (broad SMARTS) is 1. The third-order valence-electron chi connectivity index (χ3n) is 3.92. The lowest BCUT2D eigenvalue weighted by Gasteiger charge is -2.21. The van der Waals surface area contributed by atoms with E-state index in [1.165, 1.54) is 11.0 Å². The van der Waals surface area contributed by atoms with Gasteiger partial charge >= 0.3 is 5.97 Å². The molecule has 1 saturated heterocycles. The number of hydrogen-bond donors (Lipinski definition) is 1. The first-order valence-electron chi connectivity index (χ1n) is 8.46. The van der Waals surface area contributed by atoms with Crippen LogP contribution in [0.1, 0.15) is 32.3 Å². The van der Waals surface area contributed by atoms with Crippen molar-refractivity contribution in [3.63, 3.8) is 0 Å². The predicted octanol–water partition coefficient (Wildman–Crippen LogP) is 2.40. The Balaban J connectivity index is 2.02. The van der Waals surface area contributed by atoms with Gasteiger partial charge in [0.25, 0.3) is 0 Å². The molecule has 6 nitrogen and oxygen atoms in total. The third-order valence-corrected chi connectivity index (χ3v) is 3.92. The van der Waals surface area contributed by atoms with Gasteiger partial charge in [-0.1, -0.05) is 26.0 Å². The van der Waals surface area contributed by atoms with Gasteiger partial charge in [-0.2, -0.15) is 0 Å². The van der Waals surface area contributed by atoms with E-state index in [0.717, 1.165) is 24.2 Å². The molecule has 25 heavy (non-hydrogen) atoms. The molecule has 1 aromatic carbocycles. The molecule has 0 aromatic heterocycles. The lowest BCUT2D eigenvalue weighted by molar-refractivity contribution is -0.143. The maximum Gasteiger partial charge on any atom is 0.323 e. The topological polar surface area (TPSA) is 77.9 Å². The van der Waals surface area contributed by atoms with E-state index in [4.69, 9.17) is 5.11 Å². The number of benzene rings is 1. The van der Waals surface area contributed by atoms with Crippen LogP contribution in [0, 0.1) is 5.92 Å². The van der Waals surface area contributed by atoms with Crippen molar-refractivity contribution < 1.29 is 19.5 Å². The zero-order chi connectivity index (χ0) is 18.4. The lowest BCUT2D eigenvalue weighted by atomic mass is 10.1. The maximum atomic E-state index is 12.2. The van der Waals surface area contributed by atoms with Crippen LogP contribution >= 0.6 is 0 Å². The van der Waals surface area contributed by atoms with E-state index in [0.29, 0.717) is 13.0 Å². The molecule has 0 atom stereocenters. The van der Waals surface area contributed by atoms with Crippen LogP contribution in [0.4, 0.5) is 5.69 Å². The highest BCUT2D eigenvalue weighted by Crippen LogP contribution is 2.21. The molecule has 0 aliphatic carbocycles. The number of nitrogens with zero attached hydrogens (tertiary/aromatic N) is 2. The summed E-state index contributed by atoms with van der Waals surface area (Å²) in [7, 11) is 0. The fraction of sp³-hybridized carbons (Fsp3) is 0.421. The van der Waals surface area contributed by atoms with Gasteiger partial charge in [0, 0.05) is 31.3 Å². The van der Waals surface area contributed by atoms with E-state index in [-0.39, 0.29) is 24.3 Å². The molecule has 1 N–H and O–H groups in total. The molecule has 1 heterocycles. The Morgan fingerprint density at radius 1 is 1.28 bits per heavy atom. The summed E-state index contributed by atoms with van der Waals surface area (Å²) in [5, 5.41) is 8.94. The zero-order valence-electron chi connectivity index (χ0n) is 14.6. The highest BCUT2D eigenvalue weighted by Gasteiger charge is 2.21. The first kappa shape index (κ1) is 18.7. The molecule has 1 aromatic rings. The second kappa shape index (κ2) is 8.46. The van der Waals surface area contributed by atoms with Crippen LogP contribution < -0.4 is 4.90 Å². The average molecular weight is 344 g/mol. The van der Waals surface area contributed by atoms with E-state index in [1.54, 1.807) is 11.0 Å². The molecule has 0 radical (unpaired) electrons. The highest BCUT2D eigenvalue weighted by atomic mass is 16.4. The molecule has 1 aliphatic heterocycles. The molecule has 0 spiro atoms. The lowest BCUT2D eigenvalue weighted by Crippen LogP contribution is -2.37. The Morgan fingerprint density at radius 3 is 2.48 bits per heavy atom. The van der Waals surface area contributed by atoms with Crippen molar-refractivity contribution in [3.05, 3.63) is 35.9 Å². The highest BCUT2D eigenvalue weighted by molar-refractivity contribution is 5.96. The summed E-state index contributed by atoms with van der Waals surface area (Å²) in [5.74, 6) is -1.03. The monoisotopic (exact) mass is 344 g/mol. The van der Waals surface area contributed by atoms with Crippen LogP contribution in [0.5, 0.6) is 0 Å². The van der Waals surface area contributed by atoms with E-state index < -0.39 is 5.97 Å². The second-order valence-electron chi connectivity index (χ2n) is 6.58. The third kappa shape index (κ3) is 5.45. The molecule has 2 rings (SSSR count). The number of anilines is 1. The Morgan fingerprint density at radius 2 is 1.96 bits per heavy atom. The molecule has 2 amide bonds. The van der Waals surface area contributed by atoms with Gasteiger partial charge in [-0.15, -0.1) is 0 Å². The standard InChI is InChI=1S/C19H24N2O4/c1-14(2)12-20(13-19(24)25)17(22)10-7-15-5-8-16(9-6-15)21-11-3-4-18(21)23/h5-10,14H,3-4,11-13H2,1-2H3,(H,24,25). The molecule has 0 saturated carbocycles. The quantitative estimate of drug-likeness (QED) is 0.771. The number of carbonyl (C=O) groups excluding carboxylic acids is 2. The Hall–Kier alpha value is -2.63. The Kier molecular flexibility index (Phi) is 6.33. The summed E-state index contributed by atoms with van der Waals surface area (Å²) in [6.07, 6.45) is 4.52. The van der Waals surface area contributed by atoms with Crippen molar-refractivity contribution in [2.24, 2.45) is 5.92 Å². The van der Waals surface area contributed by atoms with E-state index >= 15 is 0 Å². The smallest absolute Gasteiger partial charge is 0.323 e. The summed E-state index contributed by atoms with van der Waals surface area (Å²) < 4.78 is 0. The Bertz CT molecular complexity index is 665. The fourth-order valence-electron chi connectivity index (χ4n) is 2.80. The zero-order valence-corrected chi connectivity index (χ0v) is 14.6. The van der Waals surface area contributed by atoms with Gasteiger partial charge < -0.3 is 14.9 Å². The van der Waals surface area contributed by atoms with Gasteiger partial charge in [0.2, 0.25) is 11.8 Å². The molecule has 1 fully saturated rings. The van der Waals surface area contributed by atoms with Gasteiger partial charge in [-0.3, -0.25) is 14.4 Å². The van der Waals surface area contributed by atoms with Gasteiger partial charge in [-0.25, -0.2) is 0 Å². The Labute approximate surface area is 147 Å². The van der Waals surface area contributed by atoms with Crippen molar-refractivity contribution in [1.29, 1.82) is 0 Å². The predicted molar refractivity (Wildman–Crippen MR) is 96.1 cm³/mol. The summed E-state index contributed by atoms with van der Waals surface area (Å²) in [6.45, 7) is 4.70. The first-order valence-corrected chi connectivity index (χ1v) is 8.46. The molecule has 134 valence electrons. The summed E-state index contributed by atoms with van der Waals surface area (Å²) in [6, 6.07) is 7.40. The molecular weight excluding hydrogens is 320 g/mol. The molecule has 0 bridgehead atoms. The maximum absolute atomic E-state index is 12.2. The molecule has 1 aliphatic rings. The number of aliphatic carboxylic acids is 1. The SMILES string of the molecule is CC(C)CN(CC(=O)O)C(=O)C=Cc1ccc(N2CCCC2=O)cc1. The van der Waals surface area contributed by atoms with Gasteiger partial charge in [0.1, 0.15) is 6.54 Å². The summed E-state index contributed by atoms with van der Waals surface area (Å²) in [5.41, 5.74) is 1.68. The summed E-state index contributed by atoms with van der Waals surface area (Å²) >= 11 is 0. The van der Waals surface area contributed by atoms with Crippen molar-refractivity contribution in [3.8, 4) is 0 Å². The first-order chi connectivity index (χ1) is 11.9. The minimum absolute atomic E-state index is 0.136. The van der Waals surface area contributed by atoms with Crippen molar-refractivity contribution >= 4 is 29.5 Å². The van der Waals surface area contributed by atoms with Crippen LogP contribution in [0.2, 0.25) is 0 Å². The van der Waals surface area contributed by atoms with Crippen molar-refractivity contribution in [1.82, 2.24) is 4.90 Å². The van der Waals surface area contributed by atoms with Crippen LogP contribution in [-0.4, -0.2) is 47.4 Å². The van der Waals surface area contributed by atoms with E-state index in [9.17, 15) is 14.4 Å². The molecule has 6 heteroatoms. The van der Waals surface area contributed by atoms with Gasteiger partial charge in [-0.05, 0) is 36.1 Å². The minimum Gasteiger partial charge on any atom is -0.480 e. The summed E-state index contributed by atoms with van der Waals surface area (Å²) in [4.78, 5) is 38.0. The van der Waals surface area contributed by atoms with Crippen LogP contribution in [0.3, 0.4) is 0 Å². The van der Waals surface area contributed by atoms with Crippen LogP contribution in [0.15, 0.2) is 30.3 Å².